The molecule has 1 heterocycles. The number of carbonyl (C=O) groups is 3. The molecule has 0 N–H and O–H groups in total. The normalized spacial score (nSPS) is 13.2. The summed E-state index contributed by atoms with van der Waals surface area (Å²) in [5.41, 5.74) is 2.14. The number of carbonyl (C=O) groups excluding carboxylic acids is 3. The third-order valence-electron chi connectivity index (χ3n) is 5.64. The maximum absolute atomic E-state index is 13.4. The van der Waals surface area contributed by atoms with Gasteiger partial charge in [-0.1, -0.05) is 43.3 Å². The van der Waals surface area contributed by atoms with Crippen LogP contribution in [0.15, 0.2) is 42.5 Å². The minimum atomic E-state index is -0.340. The molecule has 0 radical (unpaired) electrons. The molecule has 0 fully saturated rings. The van der Waals surface area contributed by atoms with Crippen molar-refractivity contribution in [1.29, 1.82) is 0 Å². The molecular weight excluding hydrogens is 426 g/mol. The Labute approximate surface area is 190 Å². The molecule has 0 saturated carbocycles. The molecule has 0 atom stereocenters. The molecule has 1 aliphatic heterocycles. The number of benzene rings is 3. The lowest BCUT2D eigenvalue weighted by molar-refractivity contribution is 0.0204. The molecule has 0 aliphatic carbocycles. The van der Waals surface area contributed by atoms with Gasteiger partial charge in [0.1, 0.15) is 6.73 Å². The van der Waals surface area contributed by atoms with Gasteiger partial charge in [0.2, 0.25) is 0 Å². The van der Waals surface area contributed by atoms with Crippen molar-refractivity contribution in [2.75, 3.05) is 25.7 Å². The zero-order chi connectivity index (χ0) is 22.7. The minimum absolute atomic E-state index is 0.110. The van der Waals surface area contributed by atoms with Crippen LogP contribution in [0.4, 0.5) is 4.79 Å². The van der Waals surface area contributed by atoms with E-state index < -0.39 is 0 Å². The highest BCUT2D eigenvalue weighted by molar-refractivity contribution is 8.13. The quantitative estimate of drug-likeness (QED) is 0.194. The number of nitrogens with zero attached hydrogens (tertiary/aromatic N) is 1. The Morgan fingerprint density at radius 2 is 1.66 bits per heavy atom. The molecular formula is C25H25NO5S. The standard InChI is InChI=1S/C25H25NO5S/c1-3-32-25(29)31-14-7-6-13-30-15-26-23(27)20-12-8-11-18-16(2)17-9-4-5-10-19(17)22(21(18)20)24(26)28/h4-5,8-12H,3,6-7,13-15H2,1-2H3. The number of imide groups is 1. The summed E-state index contributed by atoms with van der Waals surface area (Å²) in [5, 5.41) is 3.23. The van der Waals surface area contributed by atoms with Gasteiger partial charge in [-0.15, -0.1) is 0 Å². The fraction of sp³-hybridized carbons (Fsp3) is 0.320. The lowest BCUT2D eigenvalue weighted by Gasteiger charge is -2.28. The maximum Gasteiger partial charge on any atom is 0.367 e. The van der Waals surface area contributed by atoms with Crippen molar-refractivity contribution in [3.8, 4) is 0 Å². The van der Waals surface area contributed by atoms with E-state index in [-0.39, 0.29) is 23.8 Å². The topological polar surface area (TPSA) is 72.9 Å². The van der Waals surface area contributed by atoms with Crippen LogP contribution in [0.2, 0.25) is 0 Å². The fourth-order valence-corrected chi connectivity index (χ4v) is 4.51. The Bertz CT molecular complexity index is 1210. The third kappa shape index (κ3) is 4.10. The van der Waals surface area contributed by atoms with Gasteiger partial charge in [0.25, 0.3) is 11.8 Å². The largest absolute Gasteiger partial charge is 0.458 e. The molecule has 166 valence electrons. The van der Waals surface area contributed by atoms with Crippen LogP contribution in [0.25, 0.3) is 21.5 Å². The van der Waals surface area contributed by atoms with E-state index in [1.54, 1.807) is 6.07 Å². The van der Waals surface area contributed by atoms with Crippen LogP contribution in [-0.2, 0) is 9.47 Å². The van der Waals surface area contributed by atoms with Gasteiger partial charge in [-0.25, -0.2) is 9.69 Å². The van der Waals surface area contributed by atoms with Crippen LogP contribution in [-0.4, -0.2) is 47.7 Å². The Kier molecular flexibility index (Phi) is 6.77. The zero-order valence-corrected chi connectivity index (χ0v) is 19.0. The minimum Gasteiger partial charge on any atom is -0.458 e. The molecule has 32 heavy (non-hydrogen) atoms. The number of rotatable bonds is 8. The van der Waals surface area contributed by atoms with Crippen molar-refractivity contribution in [3.63, 3.8) is 0 Å². The number of unbranched alkanes of at least 4 members (excludes halogenated alkanes) is 1. The van der Waals surface area contributed by atoms with E-state index in [1.165, 1.54) is 4.90 Å². The Morgan fingerprint density at radius 1 is 0.938 bits per heavy atom. The van der Waals surface area contributed by atoms with Gasteiger partial charge in [0.05, 0.1) is 12.2 Å². The van der Waals surface area contributed by atoms with Gasteiger partial charge < -0.3 is 9.47 Å². The Morgan fingerprint density at radius 3 is 2.44 bits per heavy atom. The van der Waals surface area contributed by atoms with Crippen molar-refractivity contribution < 1.29 is 23.9 Å². The van der Waals surface area contributed by atoms with E-state index in [9.17, 15) is 14.4 Å². The smallest absolute Gasteiger partial charge is 0.367 e. The summed E-state index contributed by atoms with van der Waals surface area (Å²) in [4.78, 5) is 39.0. The highest BCUT2D eigenvalue weighted by Crippen LogP contribution is 2.38. The monoisotopic (exact) mass is 451 g/mol. The predicted octanol–water partition coefficient (Wildman–Crippen LogP) is 5.54. The number of aryl methyl sites for hydroxylation is 1. The molecule has 6 nitrogen and oxygen atoms in total. The van der Waals surface area contributed by atoms with Gasteiger partial charge in [0.15, 0.2) is 0 Å². The first-order valence-corrected chi connectivity index (χ1v) is 11.7. The average Bonchev–Trinajstić information content (AvgIpc) is 2.80. The predicted molar refractivity (Wildman–Crippen MR) is 126 cm³/mol. The highest BCUT2D eigenvalue weighted by atomic mass is 32.2. The third-order valence-corrected chi connectivity index (χ3v) is 6.28. The lowest BCUT2D eigenvalue weighted by atomic mass is 9.87. The van der Waals surface area contributed by atoms with Gasteiger partial charge in [-0.05, 0) is 59.3 Å². The van der Waals surface area contributed by atoms with E-state index in [4.69, 9.17) is 9.47 Å². The first-order valence-electron chi connectivity index (χ1n) is 10.7. The number of amides is 2. The van der Waals surface area contributed by atoms with E-state index in [0.29, 0.717) is 42.9 Å². The number of ether oxygens (including phenoxy) is 2. The SMILES string of the molecule is CCSC(=O)OCCCCOCN1C(=O)c2cccc3c(C)c4ccccc4c(c23)C1=O. The van der Waals surface area contributed by atoms with Crippen LogP contribution < -0.4 is 0 Å². The summed E-state index contributed by atoms with van der Waals surface area (Å²) in [7, 11) is 0. The molecule has 3 aromatic rings. The summed E-state index contributed by atoms with van der Waals surface area (Å²) < 4.78 is 10.7. The molecule has 0 aromatic heterocycles. The number of fused-ring (bicyclic) bond motifs is 2. The summed E-state index contributed by atoms with van der Waals surface area (Å²) in [6.07, 6.45) is 1.32. The molecule has 1 aliphatic rings. The average molecular weight is 452 g/mol. The lowest BCUT2D eigenvalue weighted by Crippen LogP contribution is -2.42. The summed E-state index contributed by atoms with van der Waals surface area (Å²) in [5.74, 6) is 0.0136. The fourth-order valence-electron chi connectivity index (χ4n) is 4.11. The first-order chi connectivity index (χ1) is 15.5. The number of thioether (sulfide) groups is 1. The summed E-state index contributed by atoms with van der Waals surface area (Å²) in [6, 6.07) is 13.4. The molecule has 2 amide bonds. The molecule has 7 heteroatoms. The van der Waals surface area contributed by atoms with Gasteiger partial charge in [0, 0.05) is 23.3 Å². The van der Waals surface area contributed by atoms with Crippen molar-refractivity contribution in [3.05, 3.63) is 59.2 Å². The van der Waals surface area contributed by atoms with Crippen LogP contribution in [0.3, 0.4) is 0 Å². The van der Waals surface area contributed by atoms with Gasteiger partial charge in [-0.3, -0.25) is 9.59 Å². The second-order valence-electron chi connectivity index (χ2n) is 7.59. The highest BCUT2D eigenvalue weighted by Gasteiger charge is 2.34. The van der Waals surface area contributed by atoms with Crippen LogP contribution in [0.5, 0.6) is 0 Å². The second-order valence-corrected chi connectivity index (χ2v) is 8.79. The van der Waals surface area contributed by atoms with Crippen molar-refractivity contribution in [2.45, 2.75) is 26.7 Å². The van der Waals surface area contributed by atoms with E-state index >= 15 is 0 Å². The number of hydrogen-bond acceptors (Lipinski definition) is 6. The molecule has 0 unspecified atom stereocenters. The maximum atomic E-state index is 13.4. The molecule has 0 saturated heterocycles. The number of hydrogen-bond donors (Lipinski definition) is 0. The molecule has 0 spiro atoms. The summed E-state index contributed by atoms with van der Waals surface area (Å²) >= 11 is 1.14. The zero-order valence-electron chi connectivity index (χ0n) is 18.2. The molecule has 4 rings (SSSR count). The van der Waals surface area contributed by atoms with Crippen LogP contribution in [0, 0.1) is 6.92 Å². The van der Waals surface area contributed by atoms with Crippen molar-refractivity contribution in [2.24, 2.45) is 0 Å². The van der Waals surface area contributed by atoms with Crippen LogP contribution in [0.1, 0.15) is 46.0 Å². The molecule has 0 bridgehead atoms. The van der Waals surface area contributed by atoms with Crippen molar-refractivity contribution >= 4 is 50.4 Å². The van der Waals surface area contributed by atoms with Gasteiger partial charge >= 0.3 is 5.30 Å². The Hall–Kier alpha value is -2.90. The Balaban J connectivity index is 1.49. The first kappa shape index (κ1) is 22.3. The van der Waals surface area contributed by atoms with Gasteiger partial charge in [-0.2, -0.15) is 0 Å². The van der Waals surface area contributed by atoms with Crippen LogP contribution >= 0.6 is 11.8 Å². The van der Waals surface area contributed by atoms with E-state index in [0.717, 1.165) is 38.9 Å². The van der Waals surface area contributed by atoms with E-state index in [1.807, 2.05) is 50.2 Å². The summed E-state index contributed by atoms with van der Waals surface area (Å²) in [6.45, 7) is 4.50. The van der Waals surface area contributed by atoms with E-state index in [2.05, 4.69) is 0 Å². The van der Waals surface area contributed by atoms with Crippen molar-refractivity contribution in [1.82, 2.24) is 4.90 Å². The second kappa shape index (κ2) is 9.71. The molecule has 3 aromatic carbocycles.